The van der Waals surface area contributed by atoms with Crippen molar-refractivity contribution in [3.63, 3.8) is 0 Å². The zero-order valence-corrected chi connectivity index (χ0v) is 18.3. The molecule has 0 amide bonds. The number of ether oxygens (including phenoxy) is 1. The SMILES string of the molecule is CCCCCCc1cc(CCCCCC)c(COCc2ccccc2)nc1C=O. The highest BCUT2D eigenvalue weighted by molar-refractivity contribution is 5.74. The molecule has 0 saturated heterocycles. The minimum absolute atomic E-state index is 0.453. The molecule has 3 heteroatoms. The molecule has 2 rings (SSSR count). The molecule has 2 aromatic rings. The van der Waals surface area contributed by atoms with Gasteiger partial charge in [0.1, 0.15) is 5.69 Å². The number of unbranched alkanes of at least 4 members (excludes halogenated alkanes) is 6. The van der Waals surface area contributed by atoms with E-state index in [1.165, 1.54) is 44.1 Å². The second-order valence-electron chi connectivity index (χ2n) is 7.86. The average Bonchev–Trinajstić information content (AvgIpc) is 2.76. The molecule has 0 unspecified atom stereocenters. The fraction of sp³-hybridized carbons (Fsp3) is 0.538. The van der Waals surface area contributed by atoms with Crippen molar-refractivity contribution < 1.29 is 9.53 Å². The smallest absolute Gasteiger partial charge is 0.168 e. The molecule has 0 saturated carbocycles. The number of hydrogen-bond donors (Lipinski definition) is 0. The Balaban J connectivity index is 2.08. The van der Waals surface area contributed by atoms with E-state index >= 15 is 0 Å². The summed E-state index contributed by atoms with van der Waals surface area (Å²) in [5.74, 6) is 0. The van der Waals surface area contributed by atoms with Gasteiger partial charge in [-0.2, -0.15) is 0 Å². The van der Waals surface area contributed by atoms with E-state index in [2.05, 4.69) is 32.0 Å². The van der Waals surface area contributed by atoms with E-state index in [0.29, 0.717) is 18.9 Å². The van der Waals surface area contributed by atoms with E-state index in [1.54, 1.807) is 0 Å². The summed E-state index contributed by atoms with van der Waals surface area (Å²) in [5.41, 5.74) is 5.03. The van der Waals surface area contributed by atoms with E-state index in [1.807, 2.05) is 18.2 Å². The van der Waals surface area contributed by atoms with E-state index in [-0.39, 0.29) is 0 Å². The summed E-state index contributed by atoms with van der Waals surface area (Å²) in [6, 6.07) is 12.4. The summed E-state index contributed by atoms with van der Waals surface area (Å²) in [6.07, 6.45) is 12.6. The van der Waals surface area contributed by atoms with Crippen molar-refractivity contribution in [1.29, 1.82) is 0 Å². The molecule has 0 bridgehead atoms. The number of aldehydes is 1. The van der Waals surface area contributed by atoms with Crippen molar-refractivity contribution in [3.05, 3.63) is 64.5 Å². The van der Waals surface area contributed by atoms with Gasteiger partial charge in [0.2, 0.25) is 0 Å². The molecule has 0 radical (unpaired) electrons. The summed E-state index contributed by atoms with van der Waals surface area (Å²) in [6.45, 7) is 5.47. The van der Waals surface area contributed by atoms with E-state index in [4.69, 9.17) is 9.72 Å². The van der Waals surface area contributed by atoms with Crippen molar-refractivity contribution in [3.8, 4) is 0 Å². The lowest BCUT2D eigenvalue weighted by Crippen LogP contribution is -2.08. The highest BCUT2D eigenvalue weighted by Gasteiger charge is 2.12. The molecule has 1 heterocycles. The van der Waals surface area contributed by atoms with Gasteiger partial charge in [-0.15, -0.1) is 0 Å². The van der Waals surface area contributed by atoms with E-state index < -0.39 is 0 Å². The van der Waals surface area contributed by atoms with E-state index in [0.717, 1.165) is 48.8 Å². The molecule has 1 aromatic carbocycles. The molecule has 0 aliphatic heterocycles. The van der Waals surface area contributed by atoms with Crippen molar-refractivity contribution in [2.75, 3.05) is 0 Å². The number of carbonyl (C=O) groups excluding carboxylic acids is 1. The Morgan fingerprint density at radius 1 is 0.828 bits per heavy atom. The number of pyridine rings is 1. The highest BCUT2D eigenvalue weighted by Crippen LogP contribution is 2.20. The molecule has 0 N–H and O–H groups in total. The van der Waals surface area contributed by atoms with Crippen LogP contribution in [0.15, 0.2) is 36.4 Å². The van der Waals surface area contributed by atoms with Crippen LogP contribution in [-0.4, -0.2) is 11.3 Å². The van der Waals surface area contributed by atoms with Gasteiger partial charge >= 0.3 is 0 Å². The molecule has 0 spiro atoms. The van der Waals surface area contributed by atoms with Crippen LogP contribution >= 0.6 is 0 Å². The number of nitrogens with zero attached hydrogens (tertiary/aromatic N) is 1. The first-order valence-corrected chi connectivity index (χ1v) is 11.4. The maximum atomic E-state index is 11.7. The second-order valence-corrected chi connectivity index (χ2v) is 7.86. The van der Waals surface area contributed by atoms with Crippen LogP contribution in [-0.2, 0) is 30.8 Å². The maximum Gasteiger partial charge on any atom is 0.168 e. The third kappa shape index (κ3) is 8.49. The van der Waals surface area contributed by atoms with Gasteiger partial charge in [0, 0.05) is 0 Å². The highest BCUT2D eigenvalue weighted by atomic mass is 16.5. The molecule has 0 aliphatic carbocycles. The summed E-state index contributed by atoms with van der Waals surface area (Å²) < 4.78 is 5.95. The summed E-state index contributed by atoms with van der Waals surface area (Å²) >= 11 is 0. The molecule has 29 heavy (non-hydrogen) atoms. The van der Waals surface area contributed by atoms with Crippen LogP contribution in [0.4, 0.5) is 0 Å². The van der Waals surface area contributed by atoms with Crippen LogP contribution in [0.1, 0.15) is 98.1 Å². The zero-order valence-electron chi connectivity index (χ0n) is 18.3. The van der Waals surface area contributed by atoms with Gasteiger partial charge in [-0.05, 0) is 42.4 Å². The number of aryl methyl sites for hydroxylation is 2. The van der Waals surface area contributed by atoms with Crippen molar-refractivity contribution in [2.24, 2.45) is 0 Å². The largest absolute Gasteiger partial charge is 0.370 e. The minimum Gasteiger partial charge on any atom is -0.370 e. The lowest BCUT2D eigenvalue weighted by molar-refractivity contribution is 0.103. The van der Waals surface area contributed by atoms with Crippen molar-refractivity contribution in [2.45, 2.75) is 91.3 Å². The first-order chi connectivity index (χ1) is 14.3. The standard InChI is InChI=1S/C26H37NO2/c1-3-5-7-12-16-23-18-24(17-13-8-6-4-2)26(27-25(23)19-28)21-29-20-22-14-10-9-11-15-22/h9-11,14-15,18-19H,3-8,12-13,16-17,20-21H2,1-2H3. The topological polar surface area (TPSA) is 39.2 Å². The zero-order chi connectivity index (χ0) is 20.7. The van der Waals surface area contributed by atoms with Gasteiger partial charge in [-0.25, -0.2) is 4.98 Å². The summed E-state index contributed by atoms with van der Waals surface area (Å²) in [5, 5.41) is 0. The monoisotopic (exact) mass is 395 g/mol. The van der Waals surface area contributed by atoms with Crippen LogP contribution in [0, 0.1) is 0 Å². The van der Waals surface area contributed by atoms with Gasteiger partial charge in [-0.1, -0.05) is 88.8 Å². The average molecular weight is 396 g/mol. The van der Waals surface area contributed by atoms with Crippen LogP contribution < -0.4 is 0 Å². The van der Waals surface area contributed by atoms with Crippen molar-refractivity contribution in [1.82, 2.24) is 4.98 Å². The van der Waals surface area contributed by atoms with Gasteiger partial charge in [0.25, 0.3) is 0 Å². The Morgan fingerprint density at radius 2 is 1.48 bits per heavy atom. The fourth-order valence-electron chi connectivity index (χ4n) is 3.62. The summed E-state index contributed by atoms with van der Waals surface area (Å²) in [7, 11) is 0. The van der Waals surface area contributed by atoms with Crippen LogP contribution in [0.3, 0.4) is 0 Å². The van der Waals surface area contributed by atoms with Gasteiger partial charge in [-0.3, -0.25) is 4.79 Å². The van der Waals surface area contributed by atoms with E-state index in [9.17, 15) is 4.79 Å². The Kier molecular flexibility index (Phi) is 11.3. The Hall–Kier alpha value is -2.00. The summed E-state index contributed by atoms with van der Waals surface area (Å²) in [4.78, 5) is 16.4. The number of carbonyl (C=O) groups is 1. The molecule has 1 aromatic heterocycles. The lowest BCUT2D eigenvalue weighted by Gasteiger charge is -2.14. The normalized spacial score (nSPS) is 11.0. The Bertz CT molecular complexity index is 712. The fourth-order valence-corrected chi connectivity index (χ4v) is 3.62. The Labute approximate surface area is 176 Å². The Morgan fingerprint density at radius 3 is 2.10 bits per heavy atom. The molecule has 0 fully saturated rings. The predicted molar refractivity (Wildman–Crippen MR) is 120 cm³/mol. The second kappa shape index (κ2) is 14.1. The maximum absolute atomic E-state index is 11.7. The van der Waals surface area contributed by atoms with Crippen LogP contribution in [0.25, 0.3) is 0 Å². The third-order valence-electron chi connectivity index (χ3n) is 5.36. The van der Waals surface area contributed by atoms with Crippen LogP contribution in [0.2, 0.25) is 0 Å². The van der Waals surface area contributed by atoms with Gasteiger partial charge in [0.05, 0.1) is 18.9 Å². The van der Waals surface area contributed by atoms with Gasteiger partial charge < -0.3 is 4.74 Å². The molecule has 0 atom stereocenters. The first kappa shape index (κ1) is 23.3. The quantitative estimate of drug-likeness (QED) is 0.244. The van der Waals surface area contributed by atoms with Gasteiger partial charge in [0.15, 0.2) is 6.29 Å². The molecule has 158 valence electrons. The molecular formula is C26H37NO2. The molecule has 3 nitrogen and oxygen atoms in total. The number of benzene rings is 1. The van der Waals surface area contributed by atoms with Crippen LogP contribution in [0.5, 0.6) is 0 Å². The molecule has 0 aliphatic rings. The van der Waals surface area contributed by atoms with Crippen molar-refractivity contribution >= 4 is 6.29 Å². The lowest BCUT2D eigenvalue weighted by atomic mass is 9.98. The first-order valence-electron chi connectivity index (χ1n) is 11.4. The predicted octanol–water partition coefficient (Wildman–Crippen LogP) is 6.86. The number of rotatable bonds is 15. The minimum atomic E-state index is 0.453. The number of hydrogen-bond acceptors (Lipinski definition) is 3. The number of aromatic nitrogens is 1. The molecular weight excluding hydrogens is 358 g/mol. The third-order valence-corrected chi connectivity index (χ3v) is 5.36.